The minimum atomic E-state index is -0.633. The van der Waals surface area contributed by atoms with Gasteiger partial charge in [-0.3, -0.25) is 9.59 Å². The fraction of sp³-hybridized carbons (Fsp3) is 0.455. The van der Waals surface area contributed by atoms with Gasteiger partial charge in [0, 0.05) is 29.5 Å². The van der Waals surface area contributed by atoms with E-state index in [2.05, 4.69) is 0 Å². The normalized spacial score (nSPS) is 15.5. The molecule has 2 aliphatic rings. The van der Waals surface area contributed by atoms with Gasteiger partial charge in [-0.25, -0.2) is 9.59 Å². The van der Waals surface area contributed by atoms with Crippen LogP contribution in [0, 0.1) is 0 Å². The zero-order chi connectivity index (χ0) is 30.6. The number of methoxy groups -OCH3 is 2. The molecule has 2 heterocycles. The molecule has 0 saturated heterocycles. The first-order valence-electron chi connectivity index (χ1n) is 14.0. The van der Waals surface area contributed by atoms with Crippen molar-refractivity contribution in [1.29, 1.82) is 0 Å². The quantitative estimate of drug-likeness (QED) is 0.226. The lowest BCUT2D eigenvalue weighted by Crippen LogP contribution is -2.14. The van der Waals surface area contributed by atoms with Crippen molar-refractivity contribution >= 4 is 35.0 Å². The maximum absolute atomic E-state index is 13.4. The van der Waals surface area contributed by atoms with Gasteiger partial charge in [0.2, 0.25) is 0 Å². The highest BCUT2D eigenvalue weighted by atomic mass is 16.6. The molecule has 41 heavy (non-hydrogen) atoms. The van der Waals surface area contributed by atoms with Gasteiger partial charge >= 0.3 is 23.9 Å². The lowest BCUT2D eigenvalue weighted by Gasteiger charge is -2.22. The first-order chi connectivity index (χ1) is 19.3. The van der Waals surface area contributed by atoms with E-state index in [-0.39, 0.29) is 47.3 Å². The smallest absolute Gasteiger partial charge is 0.345 e. The minimum Gasteiger partial charge on any atom is -0.469 e. The molecule has 8 nitrogen and oxygen atoms in total. The van der Waals surface area contributed by atoms with Gasteiger partial charge in [-0.2, -0.15) is 0 Å². The van der Waals surface area contributed by atoms with Crippen molar-refractivity contribution in [2.45, 2.75) is 85.5 Å². The SMILES string of the molecule is CC.COC(=O)CCc1cc2c(c(C(C)C)c1)OC(=O)/C2=C1/C(=O)Oc2c1cc(CCC(=O)OC)cc2C(C)(C)C. The molecule has 0 amide bonds. The van der Waals surface area contributed by atoms with Crippen LogP contribution in [-0.4, -0.2) is 38.1 Å². The summed E-state index contributed by atoms with van der Waals surface area (Å²) in [7, 11) is 2.68. The average Bonchev–Trinajstić information content (AvgIpc) is 3.43. The number of carbonyl (C=O) groups excluding carboxylic acids is 4. The van der Waals surface area contributed by atoms with E-state index in [4.69, 9.17) is 18.9 Å². The molecule has 2 aromatic rings. The van der Waals surface area contributed by atoms with Crippen LogP contribution < -0.4 is 9.47 Å². The van der Waals surface area contributed by atoms with Gasteiger partial charge in [0.05, 0.1) is 25.4 Å². The summed E-state index contributed by atoms with van der Waals surface area (Å²) in [6.45, 7) is 14.0. The lowest BCUT2D eigenvalue weighted by atomic mass is 9.82. The molecule has 0 aromatic heterocycles. The second-order valence-electron chi connectivity index (χ2n) is 11.2. The monoisotopic (exact) mass is 564 g/mol. The molecule has 0 spiro atoms. The molecule has 0 unspecified atom stereocenters. The van der Waals surface area contributed by atoms with E-state index in [1.165, 1.54) is 14.2 Å². The number of esters is 4. The number of benzene rings is 2. The third-order valence-corrected chi connectivity index (χ3v) is 7.03. The molecular formula is C33H40O8. The van der Waals surface area contributed by atoms with E-state index in [9.17, 15) is 19.2 Å². The van der Waals surface area contributed by atoms with Crippen LogP contribution in [0.2, 0.25) is 0 Å². The third kappa shape index (κ3) is 6.53. The number of rotatable bonds is 7. The van der Waals surface area contributed by atoms with Crippen LogP contribution in [0.25, 0.3) is 11.1 Å². The molecule has 0 N–H and O–H groups in total. The predicted octanol–water partition coefficient (Wildman–Crippen LogP) is 6.09. The topological polar surface area (TPSA) is 105 Å². The Bertz CT molecular complexity index is 1410. The molecule has 2 aromatic carbocycles. The Morgan fingerprint density at radius 1 is 0.756 bits per heavy atom. The number of aryl methyl sites for hydroxylation is 2. The highest BCUT2D eigenvalue weighted by Crippen LogP contribution is 2.50. The summed E-state index contributed by atoms with van der Waals surface area (Å²) in [6.07, 6.45) is 1.15. The number of hydrogen-bond donors (Lipinski definition) is 0. The van der Waals surface area contributed by atoms with Crippen molar-refractivity contribution in [3.05, 3.63) is 57.6 Å². The molecule has 0 bridgehead atoms. The van der Waals surface area contributed by atoms with Crippen molar-refractivity contribution < 1.29 is 38.1 Å². The molecule has 0 saturated carbocycles. The highest BCUT2D eigenvalue weighted by Gasteiger charge is 2.42. The van der Waals surface area contributed by atoms with Gasteiger partial charge in [-0.05, 0) is 53.0 Å². The Morgan fingerprint density at radius 2 is 1.20 bits per heavy atom. The molecule has 2 aliphatic heterocycles. The fourth-order valence-corrected chi connectivity index (χ4v) is 4.95. The Labute approximate surface area is 242 Å². The van der Waals surface area contributed by atoms with Crippen molar-refractivity contribution in [3.63, 3.8) is 0 Å². The largest absolute Gasteiger partial charge is 0.469 e. The van der Waals surface area contributed by atoms with Gasteiger partial charge in [0.15, 0.2) is 0 Å². The van der Waals surface area contributed by atoms with Gasteiger partial charge in [0.25, 0.3) is 0 Å². The summed E-state index contributed by atoms with van der Waals surface area (Å²) in [4.78, 5) is 50.4. The van der Waals surface area contributed by atoms with E-state index < -0.39 is 11.9 Å². The standard InChI is InChI=1S/C31H34O8.C2H6/c1-16(2)19-12-17(8-10-23(32)36-6)13-20-25(29(34)38-27(19)20)26-21-14-18(9-11-24(33)37-7)15-22(31(3,4)5)28(21)39-30(26)35;1-2/h12-16H,8-11H2,1-7H3;1-2H3/b26-25+;. The zero-order valence-electron chi connectivity index (χ0n) is 25.5. The number of hydrogen-bond acceptors (Lipinski definition) is 8. The van der Waals surface area contributed by atoms with Crippen molar-refractivity contribution in [1.82, 2.24) is 0 Å². The second kappa shape index (κ2) is 12.7. The molecule has 220 valence electrons. The molecule has 0 aliphatic carbocycles. The maximum Gasteiger partial charge on any atom is 0.345 e. The predicted molar refractivity (Wildman–Crippen MR) is 156 cm³/mol. The van der Waals surface area contributed by atoms with Crippen molar-refractivity contribution in [2.24, 2.45) is 0 Å². The molecule has 0 atom stereocenters. The molecular weight excluding hydrogens is 524 g/mol. The van der Waals surface area contributed by atoms with Crippen LogP contribution in [0.15, 0.2) is 24.3 Å². The second-order valence-corrected chi connectivity index (χ2v) is 11.2. The van der Waals surface area contributed by atoms with E-state index in [0.717, 1.165) is 22.3 Å². The number of fused-ring (bicyclic) bond motifs is 2. The summed E-state index contributed by atoms with van der Waals surface area (Å²) in [5.41, 5.74) is 4.15. The lowest BCUT2D eigenvalue weighted by molar-refractivity contribution is -0.141. The maximum atomic E-state index is 13.4. The van der Waals surface area contributed by atoms with Crippen LogP contribution >= 0.6 is 0 Å². The van der Waals surface area contributed by atoms with Crippen LogP contribution in [0.4, 0.5) is 0 Å². The molecule has 8 heteroatoms. The van der Waals surface area contributed by atoms with E-state index in [1.54, 1.807) is 12.1 Å². The summed E-state index contributed by atoms with van der Waals surface area (Å²) in [5.74, 6) is -1.10. The van der Waals surface area contributed by atoms with Crippen LogP contribution in [0.3, 0.4) is 0 Å². The Kier molecular flexibility index (Phi) is 9.79. The Hall–Kier alpha value is -3.94. The van der Waals surface area contributed by atoms with Crippen LogP contribution in [-0.2, 0) is 46.9 Å². The Morgan fingerprint density at radius 3 is 1.63 bits per heavy atom. The number of ether oxygens (including phenoxy) is 4. The first kappa shape index (κ1) is 31.6. The summed E-state index contributed by atoms with van der Waals surface area (Å²) in [5, 5.41) is 0. The van der Waals surface area contributed by atoms with Gasteiger partial charge in [0.1, 0.15) is 11.5 Å². The molecule has 0 fully saturated rings. The highest BCUT2D eigenvalue weighted by molar-refractivity contribution is 6.41. The number of carbonyl (C=O) groups is 4. The van der Waals surface area contributed by atoms with Crippen LogP contribution in [0.1, 0.15) is 101 Å². The van der Waals surface area contributed by atoms with E-state index in [1.807, 2.05) is 60.6 Å². The summed E-state index contributed by atoms with van der Waals surface area (Å²) in [6, 6.07) is 7.47. The summed E-state index contributed by atoms with van der Waals surface area (Å²) >= 11 is 0. The average molecular weight is 565 g/mol. The van der Waals surface area contributed by atoms with Gasteiger partial charge in [-0.1, -0.05) is 60.6 Å². The van der Waals surface area contributed by atoms with Crippen molar-refractivity contribution in [3.8, 4) is 11.5 Å². The van der Waals surface area contributed by atoms with Gasteiger partial charge < -0.3 is 18.9 Å². The third-order valence-electron chi connectivity index (χ3n) is 7.03. The van der Waals surface area contributed by atoms with E-state index in [0.29, 0.717) is 35.5 Å². The molecule has 4 rings (SSSR count). The fourth-order valence-electron chi connectivity index (χ4n) is 4.95. The van der Waals surface area contributed by atoms with Crippen molar-refractivity contribution in [2.75, 3.05) is 14.2 Å². The minimum absolute atomic E-state index is 0.0224. The first-order valence-corrected chi connectivity index (χ1v) is 14.0. The van der Waals surface area contributed by atoms with Crippen LogP contribution in [0.5, 0.6) is 11.5 Å². The molecule has 0 radical (unpaired) electrons. The Balaban J connectivity index is 0.00000226. The summed E-state index contributed by atoms with van der Waals surface area (Å²) < 4.78 is 21.1. The zero-order valence-corrected chi connectivity index (χ0v) is 25.5. The van der Waals surface area contributed by atoms with Gasteiger partial charge in [-0.15, -0.1) is 0 Å². The van der Waals surface area contributed by atoms with E-state index >= 15 is 0 Å².